The van der Waals surface area contributed by atoms with E-state index in [1.807, 2.05) is 42.5 Å². The number of nitrogens with zero attached hydrogens (tertiary/aromatic N) is 2. The Bertz CT molecular complexity index is 851. The third kappa shape index (κ3) is 4.07. The lowest BCUT2D eigenvalue weighted by Gasteiger charge is -2.30. The molecule has 2 aromatic carbocycles. The van der Waals surface area contributed by atoms with Crippen molar-refractivity contribution in [1.29, 1.82) is 0 Å². The van der Waals surface area contributed by atoms with E-state index in [2.05, 4.69) is 15.4 Å². The zero-order valence-electron chi connectivity index (χ0n) is 14.7. The van der Waals surface area contributed by atoms with Crippen LogP contribution in [0.2, 0.25) is 5.02 Å². The first kappa shape index (κ1) is 17.8. The third-order valence-electron chi connectivity index (χ3n) is 4.64. The average Bonchev–Trinajstić information content (AvgIpc) is 3.20. The Kier molecular flexibility index (Phi) is 5.27. The number of morpholine rings is 1. The van der Waals surface area contributed by atoms with Gasteiger partial charge in [-0.1, -0.05) is 47.1 Å². The quantitative estimate of drug-likeness (QED) is 0.877. The van der Waals surface area contributed by atoms with Gasteiger partial charge in [0.2, 0.25) is 6.10 Å². The second-order valence-corrected chi connectivity index (χ2v) is 6.89. The van der Waals surface area contributed by atoms with Crippen molar-refractivity contribution < 1.29 is 14.4 Å². The van der Waals surface area contributed by atoms with Crippen molar-refractivity contribution in [3.05, 3.63) is 59.1 Å². The number of hydrogen-bond donors (Lipinski definition) is 1. The molecule has 1 atom stereocenters. The molecule has 4 rings (SSSR count). The fourth-order valence-electron chi connectivity index (χ4n) is 3.22. The van der Waals surface area contributed by atoms with Gasteiger partial charge in [0.25, 0.3) is 5.91 Å². The van der Waals surface area contributed by atoms with E-state index in [9.17, 15) is 4.79 Å². The Labute approximate surface area is 162 Å². The Balaban J connectivity index is 1.46. The van der Waals surface area contributed by atoms with Gasteiger partial charge >= 0.3 is 0 Å². The van der Waals surface area contributed by atoms with Crippen LogP contribution in [-0.4, -0.2) is 44.0 Å². The van der Waals surface area contributed by atoms with E-state index in [4.69, 9.17) is 21.2 Å². The molecule has 1 N–H and O–H groups in total. The van der Waals surface area contributed by atoms with Crippen molar-refractivity contribution in [2.24, 2.45) is 5.16 Å². The van der Waals surface area contributed by atoms with Crippen LogP contribution in [0.3, 0.4) is 0 Å². The molecule has 7 heteroatoms. The number of ether oxygens (including phenoxy) is 1. The maximum atomic E-state index is 12.7. The molecule has 2 aliphatic heterocycles. The number of anilines is 2. The molecule has 2 aromatic rings. The van der Waals surface area contributed by atoms with Crippen LogP contribution in [0.15, 0.2) is 53.7 Å². The Morgan fingerprint density at radius 2 is 1.93 bits per heavy atom. The monoisotopic (exact) mass is 385 g/mol. The first-order valence-corrected chi connectivity index (χ1v) is 9.30. The van der Waals surface area contributed by atoms with Gasteiger partial charge in [-0.3, -0.25) is 4.79 Å². The summed E-state index contributed by atoms with van der Waals surface area (Å²) in [6.45, 7) is 2.86. The summed E-state index contributed by atoms with van der Waals surface area (Å²) in [5.74, 6) is -0.235. The van der Waals surface area contributed by atoms with Crippen LogP contribution in [0.5, 0.6) is 0 Å². The van der Waals surface area contributed by atoms with Gasteiger partial charge in [-0.2, -0.15) is 0 Å². The first-order chi connectivity index (χ1) is 13.2. The molecule has 0 bridgehead atoms. The molecule has 1 amide bonds. The van der Waals surface area contributed by atoms with E-state index in [0.717, 1.165) is 30.1 Å². The number of carbonyl (C=O) groups is 1. The molecule has 2 aliphatic rings. The van der Waals surface area contributed by atoms with Crippen LogP contribution < -0.4 is 10.2 Å². The van der Waals surface area contributed by atoms with Gasteiger partial charge < -0.3 is 19.8 Å². The molecule has 0 aliphatic carbocycles. The van der Waals surface area contributed by atoms with E-state index in [0.29, 0.717) is 30.3 Å². The van der Waals surface area contributed by atoms with Gasteiger partial charge in [-0.15, -0.1) is 0 Å². The van der Waals surface area contributed by atoms with E-state index < -0.39 is 6.10 Å². The molecule has 0 aromatic heterocycles. The van der Waals surface area contributed by atoms with Crippen molar-refractivity contribution in [2.75, 3.05) is 36.5 Å². The van der Waals surface area contributed by atoms with E-state index in [1.165, 1.54) is 0 Å². The molecule has 1 fully saturated rings. The second kappa shape index (κ2) is 7.98. The minimum absolute atomic E-state index is 0.235. The van der Waals surface area contributed by atoms with Crippen LogP contribution in [-0.2, 0) is 14.4 Å². The zero-order valence-corrected chi connectivity index (χ0v) is 15.5. The number of amides is 1. The number of halogens is 1. The fraction of sp³-hybridized carbons (Fsp3) is 0.300. The van der Waals surface area contributed by atoms with Crippen LogP contribution in [0, 0.1) is 0 Å². The predicted molar refractivity (Wildman–Crippen MR) is 106 cm³/mol. The number of benzene rings is 2. The van der Waals surface area contributed by atoms with Crippen molar-refractivity contribution in [2.45, 2.75) is 12.5 Å². The lowest BCUT2D eigenvalue weighted by atomic mass is 10.0. The fourth-order valence-corrected chi connectivity index (χ4v) is 3.39. The minimum Gasteiger partial charge on any atom is -0.382 e. The summed E-state index contributed by atoms with van der Waals surface area (Å²) in [6.07, 6.45) is -0.222. The van der Waals surface area contributed by atoms with Crippen LogP contribution in [0.1, 0.15) is 12.0 Å². The minimum atomic E-state index is -0.656. The summed E-state index contributed by atoms with van der Waals surface area (Å²) >= 11 is 6.15. The molecule has 1 saturated heterocycles. The van der Waals surface area contributed by atoms with Crippen molar-refractivity contribution in [1.82, 2.24) is 0 Å². The maximum Gasteiger partial charge on any atom is 0.268 e. The van der Waals surface area contributed by atoms with Crippen LogP contribution in [0.4, 0.5) is 11.4 Å². The summed E-state index contributed by atoms with van der Waals surface area (Å²) in [5, 5.41) is 7.61. The highest BCUT2D eigenvalue weighted by Crippen LogP contribution is 2.30. The molecular weight excluding hydrogens is 366 g/mol. The molecule has 0 saturated carbocycles. The summed E-state index contributed by atoms with van der Waals surface area (Å²) in [6, 6.07) is 15.2. The highest BCUT2D eigenvalue weighted by Gasteiger charge is 2.29. The first-order valence-electron chi connectivity index (χ1n) is 8.92. The van der Waals surface area contributed by atoms with Crippen LogP contribution >= 0.6 is 11.6 Å². The van der Waals surface area contributed by atoms with Gasteiger partial charge in [0.15, 0.2) is 0 Å². The average molecular weight is 386 g/mol. The van der Waals surface area contributed by atoms with E-state index in [1.54, 1.807) is 6.07 Å². The molecule has 140 valence electrons. The van der Waals surface area contributed by atoms with Gasteiger partial charge in [0.05, 0.1) is 30.3 Å². The highest BCUT2D eigenvalue weighted by molar-refractivity contribution is 6.31. The topological polar surface area (TPSA) is 63.2 Å². The van der Waals surface area contributed by atoms with Crippen molar-refractivity contribution in [3.63, 3.8) is 0 Å². The smallest absolute Gasteiger partial charge is 0.268 e. The van der Waals surface area contributed by atoms with Crippen molar-refractivity contribution >= 4 is 34.6 Å². The molecule has 1 unspecified atom stereocenters. The van der Waals surface area contributed by atoms with Gasteiger partial charge in [-0.05, 0) is 23.8 Å². The Morgan fingerprint density at radius 3 is 2.70 bits per heavy atom. The molecule has 27 heavy (non-hydrogen) atoms. The summed E-state index contributed by atoms with van der Waals surface area (Å²) < 4.78 is 5.41. The molecule has 0 radical (unpaired) electrons. The van der Waals surface area contributed by atoms with Gasteiger partial charge in [-0.25, -0.2) is 0 Å². The largest absolute Gasteiger partial charge is 0.382 e. The highest BCUT2D eigenvalue weighted by atomic mass is 35.5. The number of carbonyl (C=O) groups excluding carboxylic acids is 1. The van der Waals surface area contributed by atoms with E-state index >= 15 is 0 Å². The summed E-state index contributed by atoms with van der Waals surface area (Å²) in [4.78, 5) is 20.3. The number of hydrogen-bond acceptors (Lipinski definition) is 5. The summed E-state index contributed by atoms with van der Waals surface area (Å²) in [5.41, 5.74) is 3.34. The lowest BCUT2D eigenvalue weighted by Crippen LogP contribution is -2.37. The Hall–Kier alpha value is -2.57. The normalized spacial score (nSPS) is 19.4. The molecule has 2 heterocycles. The van der Waals surface area contributed by atoms with Crippen LogP contribution in [0.25, 0.3) is 0 Å². The summed E-state index contributed by atoms with van der Waals surface area (Å²) in [7, 11) is 0. The van der Waals surface area contributed by atoms with E-state index in [-0.39, 0.29) is 5.91 Å². The zero-order chi connectivity index (χ0) is 18.6. The lowest BCUT2D eigenvalue weighted by molar-refractivity contribution is -0.125. The Morgan fingerprint density at radius 1 is 1.15 bits per heavy atom. The molecular formula is C20H20ClN3O3. The predicted octanol–water partition coefficient (Wildman–Crippen LogP) is 3.31. The maximum absolute atomic E-state index is 12.7. The van der Waals surface area contributed by atoms with Gasteiger partial charge in [0, 0.05) is 24.5 Å². The second-order valence-electron chi connectivity index (χ2n) is 6.45. The SMILES string of the molecule is O=C(Nc1cc(Cl)ccc1N1CCOCC1)C1CC(c2ccccc2)=NO1. The number of rotatable bonds is 4. The number of nitrogens with one attached hydrogen (secondary N) is 1. The van der Waals surface area contributed by atoms with Crippen molar-refractivity contribution in [3.8, 4) is 0 Å². The number of oxime groups is 1. The molecule has 6 nitrogen and oxygen atoms in total. The standard InChI is InChI=1S/C20H20ClN3O3/c21-15-6-7-18(24-8-10-26-11-9-24)17(12-15)22-20(25)19-13-16(23-27-19)14-4-2-1-3-5-14/h1-7,12,19H,8-11,13H2,(H,22,25). The van der Waals surface area contributed by atoms with Gasteiger partial charge in [0.1, 0.15) is 0 Å². The third-order valence-corrected chi connectivity index (χ3v) is 4.87. The molecule has 0 spiro atoms.